The second-order valence-electron chi connectivity index (χ2n) is 9.85. The van der Waals surface area contributed by atoms with Gasteiger partial charge in [0.25, 0.3) is 15.9 Å². The van der Waals surface area contributed by atoms with Crippen molar-refractivity contribution in [3.8, 4) is 5.75 Å². The summed E-state index contributed by atoms with van der Waals surface area (Å²) in [6.45, 7) is 3.52. The lowest BCUT2D eigenvalue weighted by Crippen LogP contribution is -2.55. The molecule has 4 rings (SSSR count). The Kier molecular flexibility index (Phi) is 8.14. The van der Waals surface area contributed by atoms with E-state index in [1.54, 1.807) is 19.1 Å². The zero-order valence-electron chi connectivity index (χ0n) is 22.0. The van der Waals surface area contributed by atoms with Gasteiger partial charge in [-0.2, -0.15) is 13.2 Å². The standard InChI is InChI=1S/C28H25ClF4N2O5S/c1-16(25-20(29)8-5-9-21(25)30)12-17-10-11-23-22(13-17)35(15-24(40-23)34-26(36)27(2,3)37)41(38,39)19-7-4-6-18(14-19)28(31,32)33/h4-14,24,37H,15H2,1-3H3,(H,34,36)/b16-12+/t24-/m0/s1. The first-order valence-electron chi connectivity index (χ1n) is 12.2. The van der Waals surface area contributed by atoms with Crippen molar-refractivity contribution in [3.05, 3.63) is 88.2 Å². The van der Waals surface area contributed by atoms with Crippen molar-refractivity contribution in [1.29, 1.82) is 0 Å². The Morgan fingerprint density at radius 2 is 1.80 bits per heavy atom. The number of nitrogens with zero attached hydrogens (tertiary/aromatic N) is 1. The predicted molar refractivity (Wildman–Crippen MR) is 146 cm³/mol. The number of rotatable bonds is 6. The molecule has 1 atom stereocenters. The molecular formula is C28H25ClF4N2O5S. The molecule has 41 heavy (non-hydrogen) atoms. The van der Waals surface area contributed by atoms with Crippen molar-refractivity contribution in [2.24, 2.45) is 0 Å². The largest absolute Gasteiger partial charge is 0.466 e. The zero-order chi connectivity index (χ0) is 30.3. The van der Waals surface area contributed by atoms with Gasteiger partial charge in [0.15, 0.2) is 6.23 Å². The van der Waals surface area contributed by atoms with Crippen LogP contribution in [0.3, 0.4) is 0 Å². The fraction of sp³-hybridized carbons (Fsp3) is 0.250. The molecule has 218 valence electrons. The zero-order valence-corrected chi connectivity index (χ0v) is 23.5. The quantitative estimate of drug-likeness (QED) is 0.269. The number of allylic oxidation sites excluding steroid dienone is 1. The molecule has 0 radical (unpaired) electrons. The van der Waals surface area contributed by atoms with Gasteiger partial charge in [0.2, 0.25) is 0 Å². The molecule has 0 spiro atoms. The van der Waals surface area contributed by atoms with Crippen LogP contribution in [0, 0.1) is 5.82 Å². The maximum Gasteiger partial charge on any atom is 0.416 e. The number of ether oxygens (including phenoxy) is 1. The van der Waals surface area contributed by atoms with Crippen molar-refractivity contribution >= 4 is 44.9 Å². The number of aliphatic hydroxyl groups is 1. The van der Waals surface area contributed by atoms with Gasteiger partial charge in [0.1, 0.15) is 17.2 Å². The van der Waals surface area contributed by atoms with Crippen LogP contribution < -0.4 is 14.4 Å². The number of amides is 1. The summed E-state index contributed by atoms with van der Waals surface area (Å²) in [5.74, 6) is -1.43. The molecule has 0 fully saturated rings. The van der Waals surface area contributed by atoms with Crippen LogP contribution in [0.25, 0.3) is 11.6 Å². The van der Waals surface area contributed by atoms with E-state index in [0.29, 0.717) is 17.2 Å². The van der Waals surface area contributed by atoms with Crippen LogP contribution in [0.1, 0.15) is 37.5 Å². The molecule has 1 amide bonds. The fourth-order valence-electron chi connectivity index (χ4n) is 4.14. The van der Waals surface area contributed by atoms with E-state index >= 15 is 0 Å². The first kappa shape index (κ1) is 30.4. The first-order valence-corrected chi connectivity index (χ1v) is 14.0. The highest BCUT2D eigenvalue weighted by atomic mass is 35.5. The summed E-state index contributed by atoms with van der Waals surface area (Å²) in [6.07, 6.45) is -4.52. The highest BCUT2D eigenvalue weighted by Gasteiger charge is 2.38. The molecule has 1 aliphatic heterocycles. The molecule has 0 aliphatic carbocycles. The summed E-state index contributed by atoms with van der Waals surface area (Å²) >= 11 is 6.17. The molecule has 0 saturated carbocycles. The van der Waals surface area contributed by atoms with Gasteiger partial charge in [0, 0.05) is 5.56 Å². The van der Waals surface area contributed by atoms with Gasteiger partial charge in [0.05, 0.1) is 27.7 Å². The Morgan fingerprint density at radius 3 is 2.44 bits per heavy atom. The van der Waals surface area contributed by atoms with Gasteiger partial charge in [-0.1, -0.05) is 35.9 Å². The van der Waals surface area contributed by atoms with E-state index in [2.05, 4.69) is 5.32 Å². The third-order valence-corrected chi connectivity index (χ3v) is 8.28. The van der Waals surface area contributed by atoms with Gasteiger partial charge in [-0.15, -0.1) is 0 Å². The van der Waals surface area contributed by atoms with E-state index in [4.69, 9.17) is 16.3 Å². The number of fused-ring (bicyclic) bond motifs is 1. The van der Waals surface area contributed by atoms with Crippen LogP contribution in [0.15, 0.2) is 65.6 Å². The number of benzene rings is 3. The van der Waals surface area contributed by atoms with Crippen molar-refractivity contribution < 1.29 is 40.6 Å². The van der Waals surface area contributed by atoms with Gasteiger partial charge in [-0.05, 0) is 74.4 Å². The smallest absolute Gasteiger partial charge is 0.416 e. The highest BCUT2D eigenvalue weighted by molar-refractivity contribution is 7.92. The van der Waals surface area contributed by atoms with Gasteiger partial charge in [-0.3, -0.25) is 9.10 Å². The van der Waals surface area contributed by atoms with Crippen LogP contribution in [-0.4, -0.2) is 37.8 Å². The Morgan fingerprint density at radius 1 is 1.12 bits per heavy atom. The average molecular weight is 613 g/mol. The molecule has 3 aromatic rings. The molecule has 0 saturated heterocycles. The lowest BCUT2D eigenvalue weighted by atomic mass is 10.0. The molecule has 0 aromatic heterocycles. The Bertz CT molecular complexity index is 1610. The van der Waals surface area contributed by atoms with Crippen LogP contribution in [0.2, 0.25) is 5.02 Å². The molecule has 13 heteroatoms. The number of nitrogens with one attached hydrogen (secondary N) is 1. The monoisotopic (exact) mass is 612 g/mol. The summed E-state index contributed by atoms with van der Waals surface area (Å²) in [4.78, 5) is 11.8. The van der Waals surface area contributed by atoms with E-state index in [-0.39, 0.29) is 22.0 Å². The molecular weight excluding hydrogens is 588 g/mol. The number of carbonyl (C=O) groups is 1. The summed E-state index contributed by atoms with van der Waals surface area (Å²) in [6, 6.07) is 11.8. The van der Waals surface area contributed by atoms with Crippen LogP contribution in [0.5, 0.6) is 5.75 Å². The summed E-state index contributed by atoms with van der Waals surface area (Å²) in [5.41, 5.74) is -2.04. The van der Waals surface area contributed by atoms with Crippen molar-refractivity contribution in [2.75, 3.05) is 10.8 Å². The third kappa shape index (κ3) is 6.50. The highest BCUT2D eigenvalue weighted by Crippen LogP contribution is 2.39. The van der Waals surface area contributed by atoms with Gasteiger partial charge >= 0.3 is 6.18 Å². The number of alkyl halides is 3. The van der Waals surface area contributed by atoms with Crippen LogP contribution >= 0.6 is 11.6 Å². The van der Waals surface area contributed by atoms with Crippen molar-refractivity contribution in [1.82, 2.24) is 5.32 Å². The van der Waals surface area contributed by atoms with Crippen molar-refractivity contribution in [3.63, 3.8) is 0 Å². The Balaban J connectivity index is 1.82. The SMILES string of the molecule is C/C(=C\c1ccc2c(c1)N(S(=O)(=O)c1cccc(C(F)(F)F)c1)C[C@@H](NC(=O)C(C)(C)O)O2)c1c(F)cccc1Cl. The second kappa shape index (κ2) is 11.0. The topological polar surface area (TPSA) is 95.9 Å². The maximum atomic E-state index is 14.5. The molecule has 1 aliphatic rings. The Hall–Kier alpha value is -3.61. The first-order chi connectivity index (χ1) is 19.0. The van der Waals surface area contributed by atoms with E-state index in [1.165, 1.54) is 44.2 Å². The number of hydrogen-bond acceptors (Lipinski definition) is 5. The number of hydrogen-bond donors (Lipinski definition) is 2. The molecule has 2 N–H and O–H groups in total. The number of carbonyl (C=O) groups excluding carboxylic acids is 1. The molecule has 1 heterocycles. The van der Waals surface area contributed by atoms with E-state index in [0.717, 1.165) is 22.5 Å². The van der Waals surface area contributed by atoms with Crippen molar-refractivity contribution in [2.45, 2.75) is 43.7 Å². The number of halogens is 5. The van der Waals surface area contributed by atoms with E-state index in [9.17, 15) is 35.9 Å². The van der Waals surface area contributed by atoms with Gasteiger partial charge < -0.3 is 15.2 Å². The summed E-state index contributed by atoms with van der Waals surface area (Å²) in [5, 5.41) is 12.6. The van der Waals surface area contributed by atoms with E-state index < -0.39 is 56.8 Å². The van der Waals surface area contributed by atoms with Crippen LogP contribution in [0.4, 0.5) is 23.2 Å². The molecule has 7 nitrogen and oxygen atoms in total. The Labute approximate surface area is 239 Å². The summed E-state index contributed by atoms with van der Waals surface area (Å²) in [7, 11) is -4.64. The minimum atomic E-state index is -4.79. The number of sulfonamides is 1. The lowest BCUT2D eigenvalue weighted by molar-refractivity contribution is -0.139. The van der Waals surface area contributed by atoms with E-state index in [1.807, 2.05) is 0 Å². The van der Waals surface area contributed by atoms with Gasteiger partial charge in [-0.25, -0.2) is 12.8 Å². The average Bonchev–Trinajstić information content (AvgIpc) is 2.87. The third-order valence-electron chi connectivity index (χ3n) is 6.19. The molecule has 3 aromatic carbocycles. The lowest BCUT2D eigenvalue weighted by Gasteiger charge is -2.36. The molecule has 0 bridgehead atoms. The minimum Gasteiger partial charge on any atom is -0.466 e. The minimum absolute atomic E-state index is 0.00780. The molecule has 0 unspecified atom stereocenters. The predicted octanol–water partition coefficient (Wildman–Crippen LogP) is 5.86. The number of anilines is 1. The second-order valence-corrected chi connectivity index (χ2v) is 12.1. The fourth-order valence-corrected chi connectivity index (χ4v) is 5.97. The summed E-state index contributed by atoms with van der Waals surface area (Å²) < 4.78 is 88.7. The normalized spacial score (nSPS) is 16.2. The maximum absolute atomic E-state index is 14.5. The van der Waals surface area contributed by atoms with Crippen LogP contribution in [-0.2, 0) is 21.0 Å².